The molecule has 3 N–H and O–H groups in total. The summed E-state index contributed by atoms with van der Waals surface area (Å²) >= 11 is 0. The molecular weight excluding hydrogens is 384 g/mol. The molecule has 2 aromatic rings. The summed E-state index contributed by atoms with van der Waals surface area (Å²) in [6.45, 7) is 0.430. The van der Waals surface area contributed by atoms with E-state index >= 15 is 0 Å². The van der Waals surface area contributed by atoms with Crippen molar-refractivity contribution >= 4 is 18.3 Å². The van der Waals surface area contributed by atoms with Crippen LogP contribution in [0.25, 0.3) is 0 Å². The normalized spacial score (nSPS) is 23.5. The highest BCUT2D eigenvalue weighted by Crippen LogP contribution is 2.38. The second kappa shape index (κ2) is 10.3. The van der Waals surface area contributed by atoms with Crippen molar-refractivity contribution in [1.29, 1.82) is 0 Å². The van der Waals surface area contributed by atoms with Crippen molar-refractivity contribution in [2.75, 3.05) is 19.8 Å². The van der Waals surface area contributed by atoms with E-state index in [0.717, 1.165) is 0 Å². The molecule has 3 atom stereocenters. The molecule has 0 spiro atoms. The Hall–Kier alpha value is -2.35. The highest BCUT2D eigenvalue weighted by molar-refractivity contribution is 5.85. The number of ether oxygens (including phenoxy) is 2. The lowest BCUT2D eigenvalue weighted by atomic mass is 9.86. The van der Waals surface area contributed by atoms with Crippen LogP contribution >= 0.6 is 12.4 Å². The SMILES string of the molecule is Cl.O=C(COc1ccccc1)NCC1(COc2cccnc2)C[C@@H](O)[C@@H](O)C1. The van der Waals surface area contributed by atoms with Gasteiger partial charge < -0.3 is 25.0 Å². The fraction of sp³-hybridized carbons (Fsp3) is 0.400. The summed E-state index contributed by atoms with van der Waals surface area (Å²) in [6, 6.07) is 12.6. The summed E-state index contributed by atoms with van der Waals surface area (Å²) in [5, 5.41) is 22.8. The Bertz CT molecular complexity index is 722. The van der Waals surface area contributed by atoms with Crippen molar-refractivity contribution in [3.8, 4) is 11.5 Å². The number of rotatable bonds is 8. The molecule has 1 aromatic heterocycles. The smallest absolute Gasteiger partial charge is 0.257 e. The van der Waals surface area contributed by atoms with Crippen LogP contribution in [0, 0.1) is 5.41 Å². The number of hydrogen-bond acceptors (Lipinski definition) is 6. The topological polar surface area (TPSA) is 101 Å². The van der Waals surface area contributed by atoms with Gasteiger partial charge in [0.05, 0.1) is 25.0 Å². The first kappa shape index (κ1) is 21.9. The van der Waals surface area contributed by atoms with Gasteiger partial charge in [0.15, 0.2) is 6.61 Å². The van der Waals surface area contributed by atoms with E-state index in [-0.39, 0.29) is 38.1 Å². The number of aliphatic hydroxyl groups excluding tert-OH is 2. The first-order valence-electron chi connectivity index (χ1n) is 8.90. The maximum atomic E-state index is 12.1. The molecule has 1 fully saturated rings. The van der Waals surface area contributed by atoms with Crippen molar-refractivity contribution in [2.45, 2.75) is 25.0 Å². The summed E-state index contributed by atoms with van der Waals surface area (Å²) in [6.07, 6.45) is 2.27. The molecule has 3 rings (SSSR count). The Labute approximate surface area is 170 Å². The minimum atomic E-state index is -0.833. The number of nitrogens with zero attached hydrogens (tertiary/aromatic N) is 1. The third-order valence-corrected chi connectivity index (χ3v) is 4.68. The lowest BCUT2D eigenvalue weighted by Crippen LogP contribution is -2.42. The van der Waals surface area contributed by atoms with Crippen molar-refractivity contribution in [2.24, 2.45) is 5.41 Å². The Morgan fingerprint density at radius 3 is 2.39 bits per heavy atom. The van der Waals surface area contributed by atoms with E-state index in [1.165, 1.54) is 0 Å². The van der Waals surface area contributed by atoms with Crippen LogP contribution in [0.1, 0.15) is 12.8 Å². The lowest BCUT2D eigenvalue weighted by molar-refractivity contribution is -0.123. The molecule has 8 heteroatoms. The lowest BCUT2D eigenvalue weighted by Gasteiger charge is -2.29. The molecule has 152 valence electrons. The quantitative estimate of drug-likeness (QED) is 0.613. The molecule has 28 heavy (non-hydrogen) atoms. The molecule has 0 aliphatic heterocycles. The fourth-order valence-electron chi connectivity index (χ4n) is 3.23. The molecule has 0 radical (unpaired) electrons. The standard InChI is InChI=1S/C20H24N2O5.ClH/c23-17-9-20(10-18(17)24,14-27-16-7-4-8-21-11-16)13-22-19(25)12-26-15-5-2-1-3-6-15;/h1-8,11,17-18,23-24H,9-10,12-14H2,(H,22,25);1H/t17-,18+,20?;. The summed E-state index contributed by atoms with van der Waals surface area (Å²) in [7, 11) is 0. The Morgan fingerprint density at radius 2 is 1.75 bits per heavy atom. The Kier molecular flexibility index (Phi) is 8.04. The molecular formula is C20H25ClN2O5. The zero-order valence-electron chi connectivity index (χ0n) is 15.4. The first-order valence-corrected chi connectivity index (χ1v) is 8.90. The number of nitrogens with one attached hydrogen (secondary N) is 1. The van der Waals surface area contributed by atoms with E-state index in [4.69, 9.17) is 9.47 Å². The van der Waals surface area contributed by atoms with Gasteiger partial charge in [0, 0.05) is 18.2 Å². The molecule has 1 unspecified atom stereocenters. The third-order valence-electron chi connectivity index (χ3n) is 4.68. The number of carbonyl (C=O) groups excluding carboxylic acids is 1. The van der Waals surface area contributed by atoms with Crippen molar-refractivity contribution in [1.82, 2.24) is 10.3 Å². The zero-order valence-corrected chi connectivity index (χ0v) is 16.2. The van der Waals surface area contributed by atoms with E-state index < -0.39 is 17.6 Å². The average Bonchev–Trinajstić information content (AvgIpc) is 2.99. The van der Waals surface area contributed by atoms with E-state index in [1.807, 2.05) is 18.2 Å². The van der Waals surface area contributed by atoms with Gasteiger partial charge in [0.25, 0.3) is 5.91 Å². The van der Waals surface area contributed by atoms with Crippen LogP contribution < -0.4 is 14.8 Å². The minimum absolute atomic E-state index is 0. The van der Waals surface area contributed by atoms with Crippen LogP contribution in [0.15, 0.2) is 54.9 Å². The molecule has 0 saturated heterocycles. The summed E-state index contributed by atoms with van der Waals surface area (Å²) < 4.78 is 11.2. The molecule has 1 aliphatic rings. The average molecular weight is 409 g/mol. The van der Waals surface area contributed by atoms with Crippen LogP contribution in [-0.2, 0) is 4.79 Å². The Balaban J connectivity index is 0.00000280. The maximum Gasteiger partial charge on any atom is 0.257 e. The van der Waals surface area contributed by atoms with Crippen molar-refractivity contribution < 1.29 is 24.5 Å². The van der Waals surface area contributed by atoms with Crippen LogP contribution in [0.2, 0.25) is 0 Å². The first-order chi connectivity index (χ1) is 13.1. The minimum Gasteiger partial charge on any atom is -0.491 e. The van der Waals surface area contributed by atoms with Crippen LogP contribution in [-0.4, -0.2) is 53.1 Å². The molecule has 1 saturated carbocycles. The van der Waals surface area contributed by atoms with Crippen LogP contribution in [0.5, 0.6) is 11.5 Å². The van der Waals surface area contributed by atoms with E-state index in [1.54, 1.807) is 36.7 Å². The highest BCUT2D eigenvalue weighted by atomic mass is 35.5. The largest absolute Gasteiger partial charge is 0.491 e. The number of aromatic nitrogens is 1. The molecule has 0 bridgehead atoms. The number of carbonyl (C=O) groups is 1. The Morgan fingerprint density at radius 1 is 1.07 bits per heavy atom. The number of amides is 1. The number of aliphatic hydroxyl groups is 2. The number of halogens is 1. The third kappa shape index (κ3) is 6.09. The van der Waals surface area contributed by atoms with Gasteiger partial charge in [-0.05, 0) is 37.1 Å². The van der Waals surface area contributed by atoms with Gasteiger partial charge in [-0.3, -0.25) is 9.78 Å². The van der Waals surface area contributed by atoms with Crippen molar-refractivity contribution in [3.63, 3.8) is 0 Å². The van der Waals surface area contributed by atoms with Crippen LogP contribution in [0.4, 0.5) is 0 Å². The molecule has 7 nitrogen and oxygen atoms in total. The maximum absolute atomic E-state index is 12.1. The summed E-state index contributed by atoms with van der Waals surface area (Å²) in [4.78, 5) is 16.1. The van der Waals surface area contributed by atoms with Crippen LogP contribution in [0.3, 0.4) is 0 Å². The molecule has 1 heterocycles. The molecule has 1 aromatic carbocycles. The van der Waals surface area contributed by atoms with E-state index in [9.17, 15) is 15.0 Å². The fourth-order valence-corrected chi connectivity index (χ4v) is 3.23. The zero-order chi connectivity index (χ0) is 19.1. The number of benzene rings is 1. The summed E-state index contributed by atoms with van der Waals surface area (Å²) in [5.74, 6) is 0.955. The van der Waals surface area contributed by atoms with Gasteiger partial charge in [-0.2, -0.15) is 0 Å². The molecule has 1 amide bonds. The second-order valence-electron chi connectivity index (χ2n) is 6.90. The van der Waals surface area contributed by atoms with Gasteiger partial charge in [-0.15, -0.1) is 12.4 Å². The second-order valence-corrected chi connectivity index (χ2v) is 6.90. The monoisotopic (exact) mass is 408 g/mol. The predicted molar refractivity (Wildman–Crippen MR) is 106 cm³/mol. The van der Waals surface area contributed by atoms with Gasteiger partial charge >= 0.3 is 0 Å². The van der Waals surface area contributed by atoms with Crippen molar-refractivity contribution in [3.05, 3.63) is 54.9 Å². The highest BCUT2D eigenvalue weighted by Gasteiger charge is 2.45. The van der Waals surface area contributed by atoms with Gasteiger partial charge in [-0.1, -0.05) is 18.2 Å². The predicted octanol–water partition coefficient (Wildman–Crippen LogP) is 1.58. The van der Waals surface area contributed by atoms with E-state index in [2.05, 4.69) is 10.3 Å². The summed E-state index contributed by atoms with van der Waals surface area (Å²) in [5.41, 5.74) is -0.558. The number of pyridine rings is 1. The number of para-hydroxylation sites is 1. The molecule has 1 aliphatic carbocycles. The van der Waals surface area contributed by atoms with E-state index in [0.29, 0.717) is 24.3 Å². The van der Waals surface area contributed by atoms with Gasteiger partial charge in [0.2, 0.25) is 0 Å². The van der Waals surface area contributed by atoms with Gasteiger partial charge in [-0.25, -0.2) is 0 Å². The van der Waals surface area contributed by atoms with Gasteiger partial charge in [0.1, 0.15) is 11.5 Å². The number of hydrogen-bond donors (Lipinski definition) is 3.